The van der Waals surface area contributed by atoms with Crippen molar-refractivity contribution in [2.24, 2.45) is 0 Å². The van der Waals surface area contributed by atoms with Crippen molar-refractivity contribution in [3.8, 4) is 0 Å². The van der Waals surface area contributed by atoms with E-state index in [4.69, 9.17) is 17.0 Å². The number of allylic oxidation sites excluding steroid dienone is 3. The molecule has 0 heterocycles. The van der Waals surface area contributed by atoms with Crippen LogP contribution in [0.3, 0.4) is 0 Å². The van der Waals surface area contributed by atoms with E-state index in [1.807, 2.05) is 12.2 Å². The lowest BCUT2D eigenvalue weighted by molar-refractivity contribution is -0.122. The number of sulfonamides is 1. The standard InChI is InChI=1S/C20H19N3O4S2/c24-19(14-27-17-8-4-5-9-17)22-20(28)21-15-10-12-18(13-11-15)29(25,26)23-16-6-2-1-3-7-16/h1-8,10-13,23H,9,14H2,(H2,21,22,24,28). The van der Waals surface area contributed by atoms with E-state index in [9.17, 15) is 13.2 Å². The highest BCUT2D eigenvalue weighted by Gasteiger charge is 2.14. The summed E-state index contributed by atoms with van der Waals surface area (Å²) in [6.07, 6.45) is 6.26. The predicted octanol–water partition coefficient (Wildman–Crippen LogP) is 3.16. The molecule has 0 aromatic heterocycles. The van der Waals surface area contributed by atoms with Gasteiger partial charge in [0.25, 0.3) is 15.9 Å². The Balaban J connectivity index is 1.51. The number of para-hydroxylation sites is 1. The molecule has 0 bridgehead atoms. The van der Waals surface area contributed by atoms with Crippen LogP contribution in [-0.2, 0) is 19.6 Å². The molecule has 0 atom stereocenters. The van der Waals surface area contributed by atoms with Gasteiger partial charge in [0.15, 0.2) is 11.7 Å². The second-order valence-electron chi connectivity index (χ2n) is 6.05. The lowest BCUT2D eigenvalue weighted by Gasteiger charge is -2.12. The highest BCUT2D eigenvalue weighted by Crippen LogP contribution is 2.18. The average Bonchev–Trinajstić information content (AvgIpc) is 3.21. The first-order chi connectivity index (χ1) is 13.9. The maximum atomic E-state index is 12.4. The Hall–Kier alpha value is -3.17. The van der Waals surface area contributed by atoms with Crippen molar-refractivity contribution in [2.75, 3.05) is 16.6 Å². The van der Waals surface area contributed by atoms with Gasteiger partial charge in [0.1, 0.15) is 5.76 Å². The van der Waals surface area contributed by atoms with Crippen molar-refractivity contribution in [1.82, 2.24) is 5.32 Å². The number of amides is 1. The second kappa shape index (κ2) is 9.35. The van der Waals surface area contributed by atoms with Gasteiger partial charge in [-0.05, 0) is 54.7 Å². The molecule has 0 unspecified atom stereocenters. The third kappa shape index (κ3) is 6.16. The van der Waals surface area contributed by atoms with Crippen LogP contribution in [0.1, 0.15) is 6.42 Å². The molecule has 3 rings (SSSR count). The molecule has 2 aromatic rings. The fraction of sp³-hybridized carbons (Fsp3) is 0.100. The average molecular weight is 430 g/mol. The van der Waals surface area contributed by atoms with Crippen molar-refractivity contribution in [3.05, 3.63) is 78.6 Å². The van der Waals surface area contributed by atoms with Crippen LogP contribution < -0.4 is 15.4 Å². The van der Waals surface area contributed by atoms with E-state index in [0.717, 1.165) is 5.76 Å². The summed E-state index contributed by atoms with van der Waals surface area (Å²) in [4.78, 5) is 12.0. The highest BCUT2D eigenvalue weighted by molar-refractivity contribution is 7.92. The van der Waals surface area contributed by atoms with Crippen LogP contribution in [0.4, 0.5) is 11.4 Å². The van der Waals surface area contributed by atoms with E-state index in [0.29, 0.717) is 17.8 Å². The molecule has 0 saturated carbocycles. The van der Waals surface area contributed by atoms with Crippen LogP contribution in [0, 0.1) is 0 Å². The predicted molar refractivity (Wildman–Crippen MR) is 116 cm³/mol. The fourth-order valence-corrected chi connectivity index (χ4v) is 3.75. The quantitative estimate of drug-likeness (QED) is 0.585. The van der Waals surface area contributed by atoms with E-state index in [-0.39, 0.29) is 22.5 Å². The number of nitrogens with one attached hydrogen (secondary N) is 3. The van der Waals surface area contributed by atoms with E-state index in [2.05, 4.69) is 15.4 Å². The van der Waals surface area contributed by atoms with Gasteiger partial charge in [-0.3, -0.25) is 14.8 Å². The molecule has 9 heteroatoms. The lowest BCUT2D eigenvalue weighted by Crippen LogP contribution is -2.36. The first-order valence-corrected chi connectivity index (χ1v) is 10.6. The zero-order chi connectivity index (χ0) is 20.7. The minimum Gasteiger partial charge on any atom is -0.488 e. The molecule has 29 heavy (non-hydrogen) atoms. The minimum atomic E-state index is -3.70. The van der Waals surface area contributed by atoms with Gasteiger partial charge in [0, 0.05) is 17.8 Å². The van der Waals surface area contributed by atoms with Gasteiger partial charge >= 0.3 is 0 Å². The van der Waals surface area contributed by atoms with Crippen LogP contribution in [0.2, 0.25) is 0 Å². The largest absolute Gasteiger partial charge is 0.488 e. The molecule has 1 aliphatic carbocycles. The molecular formula is C20H19N3O4S2. The van der Waals surface area contributed by atoms with Gasteiger partial charge in [0.05, 0.1) is 4.90 Å². The Morgan fingerprint density at radius 2 is 1.76 bits per heavy atom. The number of benzene rings is 2. The maximum absolute atomic E-state index is 12.4. The molecule has 0 spiro atoms. The molecule has 1 aliphatic rings. The molecule has 150 valence electrons. The van der Waals surface area contributed by atoms with Gasteiger partial charge < -0.3 is 10.1 Å². The Labute approximate surface area is 174 Å². The summed E-state index contributed by atoms with van der Waals surface area (Å²) in [5.41, 5.74) is 1.02. The molecule has 3 N–H and O–H groups in total. The maximum Gasteiger partial charge on any atom is 0.264 e. The lowest BCUT2D eigenvalue weighted by atomic mass is 10.3. The summed E-state index contributed by atoms with van der Waals surface area (Å²) >= 11 is 5.10. The molecule has 2 aromatic carbocycles. The van der Waals surface area contributed by atoms with E-state index < -0.39 is 10.0 Å². The third-order valence-corrected chi connectivity index (χ3v) is 5.43. The summed E-state index contributed by atoms with van der Waals surface area (Å²) in [5, 5.41) is 5.43. The molecular weight excluding hydrogens is 410 g/mol. The monoisotopic (exact) mass is 429 g/mol. The van der Waals surface area contributed by atoms with Gasteiger partial charge in [0.2, 0.25) is 0 Å². The molecule has 0 aliphatic heterocycles. The van der Waals surface area contributed by atoms with Crippen LogP contribution in [0.15, 0.2) is 83.5 Å². The van der Waals surface area contributed by atoms with Gasteiger partial charge in [-0.1, -0.05) is 30.4 Å². The minimum absolute atomic E-state index is 0.0927. The Bertz CT molecular complexity index is 1050. The van der Waals surface area contributed by atoms with Crippen molar-refractivity contribution in [2.45, 2.75) is 11.3 Å². The number of anilines is 2. The fourth-order valence-electron chi connectivity index (χ4n) is 2.46. The molecule has 7 nitrogen and oxygen atoms in total. The van der Waals surface area contributed by atoms with Crippen LogP contribution >= 0.6 is 12.2 Å². The smallest absolute Gasteiger partial charge is 0.264 e. The number of rotatable bonds is 7. The van der Waals surface area contributed by atoms with E-state index in [1.54, 1.807) is 48.5 Å². The number of carbonyl (C=O) groups is 1. The zero-order valence-electron chi connectivity index (χ0n) is 15.3. The first kappa shape index (κ1) is 20.6. The van der Waals surface area contributed by atoms with Gasteiger partial charge in [-0.25, -0.2) is 8.42 Å². The molecule has 0 saturated heterocycles. The van der Waals surface area contributed by atoms with Crippen LogP contribution in [0.25, 0.3) is 0 Å². The summed E-state index contributed by atoms with van der Waals surface area (Å²) in [6.45, 7) is -0.141. The number of ether oxygens (including phenoxy) is 1. The normalized spacial score (nSPS) is 12.8. The Morgan fingerprint density at radius 3 is 2.41 bits per heavy atom. The zero-order valence-corrected chi connectivity index (χ0v) is 16.9. The summed E-state index contributed by atoms with van der Waals surface area (Å²) in [6, 6.07) is 14.6. The first-order valence-electron chi connectivity index (χ1n) is 8.70. The van der Waals surface area contributed by atoms with Crippen LogP contribution in [0.5, 0.6) is 0 Å². The SMILES string of the molecule is O=C(COC1=CC=CC1)NC(=S)Nc1ccc(S(=O)(=O)Nc2ccccc2)cc1. The molecule has 1 amide bonds. The number of hydrogen-bond acceptors (Lipinski definition) is 5. The summed E-state index contributed by atoms with van der Waals surface area (Å²) in [5.74, 6) is 0.335. The third-order valence-electron chi connectivity index (χ3n) is 3.83. The van der Waals surface area contributed by atoms with Gasteiger partial charge in [-0.2, -0.15) is 0 Å². The Kier molecular flexibility index (Phi) is 6.63. The molecule has 0 radical (unpaired) electrons. The van der Waals surface area contributed by atoms with Crippen molar-refractivity contribution >= 4 is 44.6 Å². The van der Waals surface area contributed by atoms with Crippen molar-refractivity contribution < 1.29 is 17.9 Å². The number of hydrogen-bond donors (Lipinski definition) is 3. The van der Waals surface area contributed by atoms with E-state index >= 15 is 0 Å². The second-order valence-corrected chi connectivity index (χ2v) is 8.14. The summed E-state index contributed by atoms with van der Waals surface area (Å²) in [7, 11) is -3.70. The Morgan fingerprint density at radius 1 is 1.03 bits per heavy atom. The topological polar surface area (TPSA) is 96.5 Å². The molecule has 0 fully saturated rings. The highest BCUT2D eigenvalue weighted by atomic mass is 32.2. The van der Waals surface area contributed by atoms with Gasteiger partial charge in [-0.15, -0.1) is 0 Å². The number of thiocarbonyl (C=S) groups is 1. The van der Waals surface area contributed by atoms with Crippen LogP contribution in [-0.4, -0.2) is 26.0 Å². The number of carbonyl (C=O) groups excluding carboxylic acids is 1. The van der Waals surface area contributed by atoms with Crippen molar-refractivity contribution in [1.29, 1.82) is 0 Å². The van der Waals surface area contributed by atoms with E-state index in [1.165, 1.54) is 12.1 Å². The summed E-state index contributed by atoms with van der Waals surface area (Å²) < 4.78 is 32.7. The van der Waals surface area contributed by atoms with Crippen molar-refractivity contribution in [3.63, 3.8) is 0 Å².